The Hall–Kier alpha value is -3.13. The van der Waals surface area contributed by atoms with Gasteiger partial charge in [0.15, 0.2) is 0 Å². The summed E-state index contributed by atoms with van der Waals surface area (Å²) in [5, 5.41) is 14.4. The Bertz CT molecular complexity index is 791. The standard InChI is InChI=1S/C19H19N3O2/c1-13(2)12-21-18(23)15-6-4-7-16(10-15)19(24)22-17-8-3-5-14(9-17)11-20/h3-10,13H,12H2,1-2H3,(H,21,23)(H,22,24). The van der Waals surface area contributed by atoms with Gasteiger partial charge in [0.25, 0.3) is 11.8 Å². The van der Waals surface area contributed by atoms with Crippen LogP contribution in [0.25, 0.3) is 0 Å². The first-order valence-electron chi connectivity index (χ1n) is 7.69. The second kappa shape index (κ2) is 7.93. The van der Waals surface area contributed by atoms with Crippen LogP contribution in [0.2, 0.25) is 0 Å². The maximum atomic E-state index is 12.3. The van der Waals surface area contributed by atoms with Crippen molar-refractivity contribution in [3.8, 4) is 6.07 Å². The van der Waals surface area contributed by atoms with Gasteiger partial charge in [0.2, 0.25) is 0 Å². The van der Waals surface area contributed by atoms with Crippen LogP contribution in [0.15, 0.2) is 48.5 Å². The Morgan fingerprint density at radius 1 is 1.04 bits per heavy atom. The van der Waals surface area contributed by atoms with E-state index < -0.39 is 0 Å². The van der Waals surface area contributed by atoms with Crippen molar-refractivity contribution in [1.29, 1.82) is 5.26 Å². The Morgan fingerprint density at radius 3 is 2.38 bits per heavy atom. The van der Waals surface area contributed by atoms with E-state index in [0.717, 1.165) is 0 Å². The van der Waals surface area contributed by atoms with Crippen molar-refractivity contribution in [2.24, 2.45) is 5.92 Å². The highest BCUT2D eigenvalue weighted by Crippen LogP contribution is 2.13. The minimum Gasteiger partial charge on any atom is -0.352 e. The fraction of sp³-hybridized carbons (Fsp3) is 0.211. The molecule has 0 aromatic heterocycles. The zero-order chi connectivity index (χ0) is 17.5. The molecule has 0 fully saturated rings. The van der Waals surface area contributed by atoms with Crippen molar-refractivity contribution >= 4 is 17.5 Å². The van der Waals surface area contributed by atoms with E-state index in [1.165, 1.54) is 0 Å². The summed E-state index contributed by atoms with van der Waals surface area (Å²) in [6.07, 6.45) is 0. The van der Waals surface area contributed by atoms with Crippen LogP contribution in [0.3, 0.4) is 0 Å². The monoisotopic (exact) mass is 321 g/mol. The fourth-order valence-corrected chi connectivity index (χ4v) is 2.07. The fourth-order valence-electron chi connectivity index (χ4n) is 2.07. The SMILES string of the molecule is CC(C)CNC(=O)c1cccc(C(=O)Nc2cccc(C#N)c2)c1. The summed E-state index contributed by atoms with van der Waals surface area (Å²) in [4.78, 5) is 24.4. The molecule has 0 spiro atoms. The summed E-state index contributed by atoms with van der Waals surface area (Å²) in [7, 11) is 0. The van der Waals surface area contributed by atoms with Crippen LogP contribution in [0, 0.1) is 17.2 Å². The number of rotatable bonds is 5. The van der Waals surface area contributed by atoms with E-state index in [9.17, 15) is 9.59 Å². The molecule has 5 heteroatoms. The van der Waals surface area contributed by atoms with Crippen LogP contribution in [0.1, 0.15) is 40.1 Å². The Kier molecular flexibility index (Phi) is 5.69. The number of benzene rings is 2. The summed E-state index contributed by atoms with van der Waals surface area (Å²) in [6, 6.07) is 15.2. The highest BCUT2D eigenvalue weighted by Gasteiger charge is 2.11. The molecule has 2 aromatic carbocycles. The second-order valence-electron chi connectivity index (χ2n) is 5.83. The Morgan fingerprint density at radius 2 is 1.71 bits per heavy atom. The van der Waals surface area contributed by atoms with Gasteiger partial charge in [-0.05, 0) is 42.3 Å². The van der Waals surface area contributed by atoms with Crippen LogP contribution < -0.4 is 10.6 Å². The van der Waals surface area contributed by atoms with Crippen molar-refractivity contribution in [1.82, 2.24) is 5.32 Å². The van der Waals surface area contributed by atoms with Crippen molar-refractivity contribution in [2.45, 2.75) is 13.8 Å². The minimum absolute atomic E-state index is 0.204. The van der Waals surface area contributed by atoms with E-state index in [2.05, 4.69) is 10.6 Å². The smallest absolute Gasteiger partial charge is 0.255 e. The number of nitrogens with one attached hydrogen (secondary N) is 2. The van der Waals surface area contributed by atoms with Crippen molar-refractivity contribution < 1.29 is 9.59 Å². The maximum absolute atomic E-state index is 12.3. The molecule has 0 bridgehead atoms. The molecule has 0 aliphatic heterocycles. The second-order valence-corrected chi connectivity index (χ2v) is 5.83. The number of carbonyl (C=O) groups is 2. The molecule has 0 heterocycles. The van der Waals surface area contributed by atoms with E-state index >= 15 is 0 Å². The highest BCUT2D eigenvalue weighted by molar-refractivity contribution is 6.06. The molecule has 2 N–H and O–H groups in total. The highest BCUT2D eigenvalue weighted by atomic mass is 16.2. The molecular weight excluding hydrogens is 302 g/mol. The molecule has 0 radical (unpaired) electrons. The average molecular weight is 321 g/mol. The zero-order valence-corrected chi connectivity index (χ0v) is 13.7. The summed E-state index contributed by atoms with van der Waals surface area (Å²) >= 11 is 0. The first-order valence-corrected chi connectivity index (χ1v) is 7.69. The molecule has 2 aromatic rings. The third kappa shape index (κ3) is 4.68. The van der Waals surface area contributed by atoms with Crippen molar-refractivity contribution in [3.63, 3.8) is 0 Å². The Labute approximate surface area is 141 Å². The topological polar surface area (TPSA) is 82.0 Å². The maximum Gasteiger partial charge on any atom is 0.255 e. The molecule has 122 valence electrons. The van der Waals surface area contributed by atoms with Gasteiger partial charge in [-0.15, -0.1) is 0 Å². The van der Waals surface area contributed by atoms with Crippen LogP contribution in [-0.4, -0.2) is 18.4 Å². The first-order chi connectivity index (χ1) is 11.5. The summed E-state index contributed by atoms with van der Waals surface area (Å²) in [5.74, 6) is -0.179. The van der Waals surface area contributed by atoms with E-state index in [1.807, 2.05) is 19.9 Å². The lowest BCUT2D eigenvalue weighted by molar-refractivity contribution is 0.0949. The normalized spacial score (nSPS) is 10.1. The lowest BCUT2D eigenvalue weighted by Gasteiger charge is -2.09. The van der Waals surface area contributed by atoms with Gasteiger partial charge < -0.3 is 10.6 Å². The molecule has 0 aliphatic rings. The number of hydrogen-bond acceptors (Lipinski definition) is 3. The van der Waals surface area contributed by atoms with Crippen LogP contribution in [0.5, 0.6) is 0 Å². The molecule has 5 nitrogen and oxygen atoms in total. The van der Waals surface area contributed by atoms with Gasteiger partial charge in [-0.1, -0.05) is 26.0 Å². The molecule has 0 unspecified atom stereocenters. The van der Waals surface area contributed by atoms with Crippen LogP contribution in [-0.2, 0) is 0 Å². The summed E-state index contributed by atoms with van der Waals surface area (Å²) < 4.78 is 0. The van der Waals surface area contributed by atoms with Gasteiger partial charge in [-0.3, -0.25) is 9.59 Å². The predicted molar refractivity (Wildman–Crippen MR) is 92.7 cm³/mol. The molecule has 2 rings (SSSR count). The third-order valence-electron chi connectivity index (χ3n) is 3.31. The minimum atomic E-state index is -0.330. The number of nitriles is 1. The Balaban J connectivity index is 2.11. The van der Waals surface area contributed by atoms with E-state index in [-0.39, 0.29) is 11.8 Å². The van der Waals surface area contributed by atoms with Gasteiger partial charge in [-0.2, -0.15) is 5.26 Å². The lowest BCUT2D eigenvalue weighted by Crippen LogP contribution is -2.27. The van der Waals surface area contributed by atoms with Crippen molar-refractivity contribution in [2.75, 3.05) is 11.9 Å². The molecular formula is C19H19N3O2. The number of amides is 2. The quantitative estimate of drug-likeness (QED) is 0.887. The van der Waals surface area contributed by atoms with Crippen LogP contribution in [0.4, 0.5) is 5.69 Å². The predicted octanol–water partition coefficient (Wildman–Crippen LogP) is 3.20. The molecule has 2 amide bonds. The number of anilines is 1. The number of nitrogens with zero attached hydrogens (tertiary/aromatic N) is 1. The van der Waals surface area contributed by atoms with Gasteiger partial charge >= 0.3 is 0 Å². The van der Waals surface area contributed by atoms with E-state index in [0.29, 0.717) is 34.8 Å². The zero-order valence-electron chi connectivity index (χ0n) is 13.7. The average Bonchev–Trinajstić information content (AvgIpc) is 2.59. The van der Waals surface area contributed by atoms with E-state index in [1.54, 1.807) is 48.5 Å². The first kappa shape index (κ1) is 17.2. The van der Waals surface area contributed by atoms with Gasteiger partial charge in [0.1, 0.15) is 0 Å². The summed E-state index contributed by atoms with van der Waals surface area (Å²) in [6.45, 7) is 4.61. The van der Waals surface area contributed by atoms with Gasteiger partial charge in [-0.25, -0.2) is 0 Å². The van der Waals surface area contributed by atoms with Crippen LogP contribution >= 0.6 is 0 Å². The van der Waals surface area contributed by atoms with Gasteiger partial charge in [0, 0.05) is 23.4 Å². The number of hydrogen-bond donors (Lipinski definition) is 2. The summed E-state index contributed by atoms with van der Waals surface area (Å²) in [5.41, 5.74) is 1.83. The molecule has 24 heavy (non-hydrogen) atoms. The van der Waals surface area contributed by atoms with Crippen molar-refractivity contribution in [3.05, 3.63) is 65.2 Å². The van der Waals surface area contributed by atoms with Gasteiger partial charge in [0.05, 0.1) is 11.6 Å². The number of carbonyl (C=O) groups excluding carboxylic acids is 2. The molecule has 0 saturated heterocycles. The third-order valence-corrected chi connectivity index (χ3v) is 3.31. The molecule has 0 atom stereocenters. The molecule has 0 aliphatic carbocycles. The van der Waals surface area contributed by atoms with E-state index in [4.69, 9.17) is 5.26 Å². The molecule has 0 saturated carbocycles. The lowest BCUT2D eigenvalue weighted by atomic mass is 10.1. The largest absolute Gasteiger partial charge is 0.352 e.